The van der Waals surface area contributed by atoms with Gasteiger partial charge in [-0.25, -0.2) is 17.7 Å². The van der Waals surface area contributed by atoms with Crippen molar-refractivity contribution in [3.05, 3.63) is 48.2 Å². The van der Waals surface area contributed by atoms with Crippen LogP contribution in [0.15, 0.2) is 52.5 Å². The smallest absolute Gasteiger partial charge is 0.242 e. The molecule has 2 rings (SSSR count). The minimum Gasteiger partial charge on any atom is -0.493 e. The van der Waals surface area contributed by atoms with Gasteiger partial charge in [-0.15, -0.1) is 11.8 Å². The summed E-state index contributed by atoms with van der Waals surface area (Å²) >= 11 is 1.62. The number of hydrogen-bond acceptors (Lipinski definition) is 5. The molecule has 0 aliphatic carbocycles. The average molecular weight is 352 g/mol. The Morgan fingerprint density at radius 1 is 1.13 bits per heavy atom. The number of hydrogen-bond donors (Lipinski definition) is 0. The van der Waals surface area contributed by atoms with Gasteiger partial charge in [-0.3, -0.25) is 0 Å². The van der Waals surface area contributed by atoms with Crippen LogP contribution in [0.2, 0.25) is 0 Å². The molecular formula is C16H20N2O3S2. The molecule has 0 amide bonds. The molecular weight excluding hydrogens is 332 g/mol. The molecule has 23 heavy (non-hydrogen) atoms. The summed E-state index contributed by atoms with van der Waals surface area (Å²) in [5, 5.41) is 0.964. The third kappa shape index (κ3) is 4.95. The summed E-state index contributed by atoms with van der Waals surface area (Å²) in [4.78, 5) is 4.57. The first-order valence-corrected chi connectivity index (χ1v) is 9.53. The minimum absolute atomic E-state index is 0.257. The zero-order chi connectivity index (χ0) is 16.9. The van der Waals surface area contributed by atoms with E-state index in [1.165, 1.54) is 18.4 Å². The third-order valence-electron chi connectivity index (χ3n) is 3.09. The van der Waals surface area contributed by atoms with E-state index in [1.54, 1.807) is 36.0 Å². The molecule has 0 aliphatic heterocycles. The van der Waals surface area contributed by atoms with Gasteiger partial charge in [0, 0.05) is 26.0 Å². The molecule has 1 aromatic carbocycles. The van der Waals surface area contributed by atoms with Crippen LogP contribution in [0.3, 0.4) is 0 Å². The van der Waals surface area contributed by atoms with Crippen LogP contribution in [0.25, 0.3) is 0 Å². The predicted molar refractivity (Wildman–Crippen MR) is 92.5 cm³/mol. The van der Waals surface area contributed by atoms with Gasteiger partial charge >= 0.3 is 0 Å². The molecule has 0 radical (unpaired) electrons. The number of thioether (sulfide) groups is 1. The Morgan fingerprint density at radius 2 is 1.83 bits per heavy atom. The highest BCUT2D eigenvalue weighted by molar-refractivity contribution is 7.99. The van der Waals surface area contributed by atoms with Gasteiger partial charge in [0.15, 0.2) is 0 Å². The standard InChI is InChI=1S/C16H20N2O3S2/c1-13-4-9-16(17-12-13)22-11-10-21-14-5-7-15(8-6-14)23(19,20)18(2)3/h4-9,12H,10-11H2,1-3H3. The maximum atomic E-state index is 12.0. The number of nitrogens with zero attached hydrogens (tertiary/aromatic N) is 2. The zero-order valence-electron chi connectivity index (χ0n) is 13.4. The van der Waals surface area contributed by atoms with Crippen molar-refractivity contribution in [2.24, 2.45) is 0 Å². The summed E-state index contributed by atoms with van der Waals surface area (Å²) in [7, 11) is -0.373. The number of aromatic nitrogens is 1. The Hall–Kier alpha value is -1.57. The van der Waals surface area contributed by atoms with Crippen LogP contribution < -0.4 is 4.74 Å². The molecule has 7 heteroatoms. The summed E-state index contributed by atoms with van der Waals surface area (Å²) in [6.07, 6.45) is 1.84. The monoisotopic (exact) mass is 352 g/mol. The molecule has 0 N–H and O–H groups in total. The van der Waals surface area contributed by atoms with Gasteiger partial charge in [0.25, 0.3) is 0 Å². The number of benzene rings is 1. The summed E-state index contributed by atoms with van der Waals surface area (Å²) in [5.74, 6) is 1.42. The Morgan fingerprint density at radius 3 is 2.39 bits per heavy atom. The van der Waals surface area contributed by atoms with Crippen LogP contribution in [-0.2, 0) is 10.0 Å². The Bertz CT molecular complexity index is 727. The molecule has 0 bridgehead atoms. The molecule has 124 valence electrons. The van der Waals surface area contributed by atoms with Crippen LogP contribution in [0, 0.1) is 6.92 Å². The first kappa shape index (κ1) is 17.8. The minimum atomic E-state index is -3.39. The van der Waals surface area contributed by atoms with Crippen molar-refractivity contribution < 1.29 is 13.2 Å². The van der Waals surface area contributed by atoms with Crippen LogP contribution in [-0.4, -0.2) is 44.2 Å². The zero-order valence-corrected chi connectivity index (χ0v) is 15.0. The molecule has 0 saturated carbocycles. The molecule has 0 saturated heterocycles. The van der Waals surface area contributed by atoms with Crippen molar-refractivity contribution in [1.29, 1.82) is 0 Å². The fourth-order valence-corrected chi connectivity index (χ4v) is 3.33. The van der Waals surface area contributed by atoms with Crippen molar-refractivity contribution in [3.63, 3.8) is 0 Å². The van der Waals surface area contributed by atoms with Crippen molar-refractivity contribution in [2.45, 2.75) is 16.8 Å². The Kier molecular flexibility index (Phi) is 6.04. The first-order valence-electron chi connectivity index (χ1n) is 7.10. The van der Waals surface area contributed by atoms with Crippen LogP contribution in [0.4, 0.5) is 0 Å². The molecule has 0 atom stereocenters. The Labute approximate surface area is 141 Å². The fourth-order valence-electron chi connectivity index (χ4n) is 1.76. The second-order valence-electron chi connectivity index (χ2n) is 5.13. The number of sulfonamides is 1. The summed E-state index contributed by atoms with van der Waals surface area (Å²) < 4.78 is 30.7. The fraction of sp³-hybridized carbons (Fsp3) is 0.312. The molecule has 5 nitrogen and oxygen atoms in total. The lowest BCUT2D eigenvalue weighted by atomic mass is 10.3. The second-order valence-corrected chi connectivity index (χ2v) is 8.40. The Balaban J connectivity index is 1.84. The van der Waals surface area contributed by atoms with E-state index in [9.17, 15) is 8.42 Å². The molecule has 1 heterocycles. The number of aryl methyl sites for hydroxylation is 1. The highest BCUT2D eigenvalue weighted by atomic mass is 32.2. The van der Waals surface area contributed by atoms with Gasteiger partial charge in [0.1, 0.15) is 5.75 Å². The molecule has 0 unspecified atom stereocenters. The number of pyridine rings is 1. The van der Waals surface area contributed by atoms with Crippen molar-refractivity contribution in [2.75, 3.05) is 26.5 Å². The normalized spacial score (nSPS) is 11.7. The highest BCUT2D eigenvalue weighted by Crippen LogP contribution is 2.19. The van der Waals surface area contributed by atoms with Crippen LogP contribution in [0.5, 0.6) is 5.75 Å². The lowest BCUT2D eigenvalue weighted by Gasteiger charge is -2.12. The van der Waals surface area contributed by atoms with E-state index < -0.39 is 10.0 Å². The van der Waals surface area contributed by atoms with Crippen molar-refractivity contribution in [1.82, 2.24) is 9.29 Å². The molecule has 0 aliphatic rings. The SMILES string of the molecule is Cc1ccc(SCCOc2ccc(S(=O)(=O)N(C)C)cc2)nc1. The van der Waals surface area contributed by atoms with Crippen LogP contribution >= 0.6 is 11.8 Å². The maximum absolute atomic E-state index is 12.0. The molecule has 1 aromatic heterocycles. The topological polar surface area (TPSA) is 59.5 Å². The molecule has 0 fully saturated rings. The van der Waals surface area contributed by atoms with E-state index in [0.717, 1.165) is 16.3 Å². The van der Waals surface area contributed by atoms with E-state index in [4.69, 9.17) is 4.74 Å². The third-order valence-corrected chi connectivity index (χ3v) is 5.83. The van der Waals surface area contributed by atoms with E-state index in [1.807, 2.05) is 25.3 Å². The summed E-state index contributed by atoms with van der Waals surface area (Å²) in [6, 6.07) is 10.5. The van der Waals surface area contributed by atoms with E-state index in [2.05, 4.69) is 4.98 Å². The predicted octanol–water partition coefficient (Wildman–Crippen LogP) is 2.81. The molecule has 2 aromatic rings. The van der Waals surface area contributed by atoms with Crippen molar-refractivity contribution >= 4 is 21.8 Å². The van der Waals surface area contributed by atoms with Gasteiger partial charge in [0.05, 0.1) is 16.5 Å². The highest BCUT2D eigenvalue weighted by Gasteiger charge is 2.16. The van der Waals surface area contributed by atoms with Gasteiger partial charge in [-0.05, 0) is 42.8 Å². The number of rotatable bonds is 7. The second kappa shape index (κ2) is 7.81. The first-order chi connectivity index (χ1) is 10.9. The number of ether oxygens (including phenoxy) is 1. The van der Waals surface area contributed by atoms with Crippen molar-refractivity contribution in [3.8, 4) is 5.75 Å². The molecule has 0 spiro atoms. The van der Waals surface area contributed by atoms with Gasteiger partial charge < -0.3 is 4.74 Å². The van der Waals surface area contributed by atoms with Gasteiger partial charge in [0.2, 0.25) is 10.0 Å². The van der Waals surface area contributed by atoms with E-state index in [0.29, 0.717) is 12.4 Å². The quantitative estimate of drug-likeness (QED) is 0.566. The summed E-state index contributed by atoms with van der Waals surface area (Å²) in [5.41, 5.74) is 1.14. The maximum Gasteiger partial charge on any atom is 0.242 e. The van der Waals surface area contributed by atoms with Gasteiger partial charge in [-0.1, -0.05) is 6.07 Å². The van der Waals surface area contributed by atoms with E-state index in [-0.39, 0.29) is 4.90 Å². The van der Waals surface area contributed by atoms with Gasteiger partial charge in [-0.2, -0.15) is 0 Å². The lowest BCUT2D eigenvalue weighted by molar-refractivity contribution is 0.343. The van der Waals surface area contributed by atoms with Crippen LogP contribution in [0.1, 0.15) is 5.56 Å². The lowest BCUT2D eigenvalue weighted by Crippen LogP contribution is -2.22. The summed E-state index contributed by atoms with van der Waals surface area (Å²) in [6.45, 7) is 2.53. The van der Waals surface area contributed by atoms with E-state index >= 15 is 0 Å². The largest absolute Gasteiger partial charge is 0.493 e. The average Bonchev–Trinajstić information content (AvgIpc) is 2.53.